The molecule has 4 aromatic rings. The molecule has 0 radical (unpaired) electrons. The number of anilines is 1. The molecule has 0 aliphatic carbocycles. The van der Waals surface area contributed by atoms with Gasteiger partial charge >= 0.3 is 0 Å². The second-order valence-electron chi connectivity index (χ2n) is 6.64. The molecule has 2 heterocycles. The Labute approximate surface area is 162 Å². The molecular formula is C22H20N4O2. The molecule has 0 bridgehead atoms. The van der Waals surface area contributed by atoms with Gasteiger partial charge in [0.25, 0.3) is 0 Å². The Kier molecular flexibility index (Phi) is 4.78. The molecule has 0 spiro atoms. The van der Waals surface area contributed by atoms with Gasteiger partial charge in [0, 0.05) is 23.5 Å². The molecule has 0 saturated heterocycles. The van der Waals surface area contributed by atoms with Crippen LogP contribution in [0.15, 0.2) is 73.1 Å². The minimum Gasteiger partial charge on any atom is -0.508 e. The van der Waals surface area contributed by atoms with Gasteiger partial charge in [-0.15, -0.1) is 0 Å². The van der Waals surface area contributed by atoms with E-state index in [0.29, 0.717) is 12.1 Å². The van der Waals surface area contributed by atoms with Crippen molar-refractivity contribution in [1.29, 1.82) is 0 Å². The lowest BCUT2D eigenvalue weighted by Gasteiger charge is -2.13. The molecule has 0 aliphatic heterocycles. The number of amides is 1. The Hall–Kier alpha value is -3.64. The van der Waals surface area contributed by atoms with Gasteiger partial charge in [-0.3, -0.25) is 4.79 Å². The number of nitrogens with two attached hydrogens (primary N) is 1. The molecule has 0 unspecified atom stereocenters. The van der Waals surface area contributed by atoms with E-state index in [4.69, 9.17) is 5.73 Å². The Morgan fingerprint density at radius 2 is 1.82 bits per heavy atom. The summed E-state index contributed by atoms with van der Waals surface area (Å²) >= 11 is 0. The van der Waals surface area contributed by atoms with Gasteiger partial charge in [0.2, 0.25) is 5.91 Å². The van der Waals surface area contributed by atoms with Gasteiger partial charge in [-0.1, -0.05) is 24.3 Å². The summed E-state index contributed by atoms with van der Waals surface area (Å²) in [6.07, 6.45) is 4.03. The predicted molar refractivity (Wildman–Crippen MR) is 110 cm³/mol. The molecule has 2 aromatic carbocycles. The first-order chi connectivity index (χ1) is 13.6. The van der Waals surface area contributed by atoms with Crippen molar-refractivity contribution in [3.63, 3.8) is 0 Å². The predicted octanol–water partition coefficient (Wildman–Crippen LogP) is 3.44. The van der Waals surface area contributed by atoms with Crippen LogP contribution in [-0.2, 0) is 11.2 Å². The van der Waals surface area contributed by atoms with Gasteiger partial charge in [-0.25, -0.2) is 4.98 Å². The maximum atomic E-state index is 12.4. The van der Waals surface area contributed by atoms with E-state index in [-0.39, 0.29) is 11.7 Å². The Morgan fingerprint density at radius 1 is 1.07 bits per heavy atom. The molecule has 0 fully saturated rings. The smallest absolute Gasteiger partial charge is 0.241 e. The highest BCUT2D eigenvalue weighted by molar-refractivity contribution is 5.96. The van der Waals surface area contributed by atoms with Gasteiger partial charge in [-0.05, 0) is 59.5 Å². The number of fused-ring (bicyclic) bond motifs is 1. The first-order valence-electron chi connectivity index (χ1n) is 8.97. The first-order valence-corrected chi connectivity index (χ1v) is 8.97. The third-order valence-corrected chi connectivity index (χ3v) is 4.65. The van der Waals surface area contributed by atoms with E-state index in [1.165, 1.54) is 0 Å². The van der Waals surface area contributed by atoms with Gasteiger partial charge in [0.05, 0.1) is 6.04 Å². The SMILES string of the molecule is N[C@H](Cc1ccc(O)cc1)C(=O)Nc1ccc(-c2ccnc3[nH]ccc23)cc1. The van der Waals surface area contributed by atoms with Crippen molar-refractivity contribution in [2.75, 3.05) is 5.32 Å². The number of H-pyrrole nitrogens is 1. The van der Waals surface area contributed by atoms with Crippen LogP contribution in [0.25, 0.3) is 22.2 Å². The summed E-state index contributed by atoms with van der Waals surface area (Å²) in [5.74, 6) is -0.0641. The molecule has 4 rings (SSSR count). The lowest BCUT2D eigenvalue weighted by Crippen LogP contribution is -2.37. The summed E-state index contributed by atoms with van der Waals surface area (Å²) in [5, 5.41) is 13.2. The molecule has 6 heteroatoms. The lowest BCUT2D eigenvalue weighted by atomic mass is 10.0. The van der Waals surface area contributed by atoms with Gasteiger partial charge in [-0.2, -0.15) is 0 Å². The zero-order valence-electron chi connectivity index (χ0n) is 15.1. The number of carbonyl (C=O) groups excluding carboxylic acids is 1. The van der Waals surface area contributed by atoms with Crippen molar-refractivity contribution in [1.82, 2.24) is 9.97 Å². The fourth-order valence-electron chi connectivity index (χ4n) is 3.16. The number of hydrogen-bond acceptors (Lipinski definition) is 4. The molecule has 2 aromatic heterocycles. The number of phenolic OH excluding ortho intramolecular Hbond substituents is 1. The molecule has 6 nitrogen and oxygen atoms in total. The summed E-state index contributed by atoms with van der Waals surface area (Å²) in [6, 6.07) is 17.6. The van der Waals surface area contributed by atoms with Crippen molar-refractivity contribution in [2.24, 2.45) is 5.73 Å². The third-order valence-electron chi connectivity index (χ3n) is 4.65. The average molecular weight is 372 g/mol. The monoisotopic (exact) mass is 372 g/mol. The van der Waals surface area contributed by atoms with Crippen LogP contribution in [0.4, 0.5) is 5.69 Å². The minimum atomic E-state index is -0.677. The number of aromatic amines is 1. The summed E-state index contributed by atoms with van der Waals surface area (Å²) in [6.45, 7) is 0. The molecule has 28 heavy (non-hydrogen) atoms. The highest BCUT2D eigenvalue weighted by atomic mass is 16.3. The van der Waals surface area contributed by atoms with Gasteiger partial charge in [0.15, 0.2) is 0 Å². The van der Waals surface area contributed by atoms with Gasteiger partial charge < -0.3 is 21.1 Å². The van der Waals surface area contributed by atoms with E-state index < -0.39 is 6.04 Å². The standard InChI is InChI=1S/C22H20N4O2/c23-20(13-14-1-7-17(27)8-2-14)22(28)26-16-5-3-15(4-6-16)18-9-11-24-21-19(18)10-12-25-21/h1-12,20,27H,13,23H2,(H,24,25)(H,26,28)/t20-/m1/s1. The number of nitrogens with one attached hydrogen (secondary N) is 2. The molecule has 140 valence electrons. The van der Waals surface area contributed by atoms with Crippen LogP contribution in [0.5, 0.6) is 5.75 Å². The van der Waals surface area contributed by atoms with E-state index in [1.807, 2.05) is 42.6 Å². The van der Waals surface area contributed by atoms with Crippen molar-refractivity contribution in [3.8, 4) is 16.9 Å². The quantitative estimate of drug-likeness (QED) is 0.431. The zero-order valence-corrected chi connectivity index (χ0v) is 15.1. The summed E-state index contributed by atoms with van der Waals surface area (Å²) < 4.78 is 0. The van der Waals surface area contributed by atoms with E-state index in [0.717, 1.165) is 27.7 Å². The highest BCUT2D eigenvalue weighted by Crippen LogP contribution is 2.27. The van der Waals surface area contributed by atoms with E-state index in [1.54, 1.807) is 30.5 Å². The Balaban J connectivity index is 1.44. The largest absolute Gasteiger partial charge is 0.508 e. The minimum absolute atomic E-state index is 0.188. The summed E-state index contributed by atoms with van der Waals surface area (Å²) in [7, 11) is 0. The Morgan fingerprint density at radius 3 is 2.57 bits per heavy atom. The second kappa shape index (κ2) is 7.54. The molecule has 1 amide bonds. The van der Waals surface area contributed by atoms with Crippen molar-refractivity contribution in [2.45, 2.75) is 12.5 Å². The number of benzene rings is 2. The van der Waals surface area contributed by atoms with E-state index in [2.05, 4.69) is 15.3 Å². The number of nitrogens with zero attached hydrogens (tertiary/aromatic N) is 1. The van der Waals surface area contributed by atoms with Crippen LogP contribution in [0.3, 0.4) is 0 Å². The lowest BCUT2D eigenvalue weighted by molar-refractivity contribution is -0.117. The summed E-state index contributed by atoms with van der Waals surface area (Å²) in [4.78, 5) is 19.8. The normalized spacial score (nSPS) is 12.0. The van der Waals surface area contributed by atoms with Crippen LogP contribution in [0.1, 0.15) is 5.56 Å². The third kappa shape index (κ3) is 3.72. The number of phenols is 1. The van der Waals surface area contributed by atoms with E-state index in [9.17, 15) is 9.90 Å². The maximum absolute atomic E-state index is 12.4. The molecular weight excluding hydrogens is 352 g/mol. The van der Waals surface area contributed by atoms with Crippen molar-refractivity contribution in [3.05, 3.63) is 78.6 Å². The number of aromatic nitrogens is 2. The fraction of sp³-hybridized carbons (Fsp3) is 0.0909. The van der Waals surface area contributed by atoms with Crippen LogP contribution >= 0.6 is 0 Å². The van der Waals surface area contributed by atoms with E-state index >= 15 is 0 Å². The summed E-state index contributed by atoms with van der Waals surface area (Å²) in [5.41, 5.74) is 10.6. The fourth-order valence-corrected chi connectivity index (χ4v) is 3.16. The maximum Gasteiger partial charge on any atom is 0.241 e. The Bertz CT molecular complexity index is 1100. The number of carbonyl (C=O) groups is 1. The van der Waals surface area contributed by atoms with Crippen LogP contribution in [0, 0.1) is 0 Å². The average Bonchev–Trinajstić information content (AvgIpc) is 3.19. The highest BCUT2D eigenvalue weighted by Gasteiger charge is 2.14. The van der Waals surface area contributed by atoms with Crippen LogP contribution in [0.2, 0.25) is 0 Å². The number of pyridine rings is 1. The molecule has 5 N–H and O–H groups in total. The zero-order chi connectivity index (χ0) is 19.5. The molecule has 0 saturated carbocycles. The van der Waals surface area contributed by atoms with Crippen molar-refractivity contribution < 1.29 is 9.90 Å². The molecule has 1 atom stereocenters. The topological polar surface area (TPSA) is 104 Å². The van der Waals surface area contributed by atoms with Crippen molar-refractivity contribution >= 4 is 22.6 Å². The number of rotatable bonds is 5. The number of aromatic hydroxyl groups is 1. The van der Waals surface area contributed by atoms with Gasteiger partial charge in [0.1, 0.15) is 11.4 Å². The molecule has 0 aliphatic rings. The second-order valence-corrected chi connectivity index (χ2v) is 6.64. The first kappa shape index (κ1) is 17.8. The number of hydrogen-bond donors (Lipinski definition) is 4. The van der Waals surface area contributed by atoms with Crippen LogP contribution in [-0.4, -0.2) is 27.0 Å². The van der Waals surface area contributed by atoms with Crippen LogP contribution < -0.4 is 11.1 Å².